The number of aliphatic carboxylic acids is 1. The Bertz CT molecular complexity index is 447. The molecule has 1 heterocycles. The normalized spacial score (nSPS) is 14.1. The molecule has 0 aliphatic heterocycles. The van der Waals surface area contributed by atoms with Gasteiger partial charge in [0.15, 0.2) is 5.54 Å². The molecule has 0 spiro atoms. The maximum Gasteiger partial charge on any atom is 0.335 e. The number of carboxylic acids is 1. The van der Waals surface area contributed by atoms with Gasteiger partial charge in [0.1, 0.15) is 5.82 Å². The number of carboxylic acid groups (broad SMARTS) is 1. The predicted molar refractivity (Wildman–Crippen MR) is 62.2 cm³/mol. The first-order chi connectivity index (χ1) is 8.33. The number of carbonyl (C=O) groups is 2. The zero-order chi connectivity index (χ0) is 13.9. The van der Waals surface area contributed by atoms with Crippen molar-refractivity contribution in [2.45, 2.75) is 32.4 Å². The van der Waals surface area contributed by atoms with Crippen LogP contribution in [-0.2, 0) is 15.1 Å². The summed E-state index contributed by atoms with van der Waals surface area (Å²) >= 11 is 0. The van der Waals surface area contributed by atoms with Crippen LogP contribution in [-0.4, -0.2) is 33.4 Å². The summed E-state index contributed by atoms with van der Waals surface area (Å²) in [5, 5.41) is 9.37. The van der Waals surface area contributed by atoms with Crippen LogP contribution in [0.4, 0.5) is 4.39 Å². The van der Waals surface area contributed by atoms with Gasteiger partial charge in [0.25, 0.3) is 0 Å². The summed E-state index contributed by atoms with van der Waals surface area (Å²) in [6, 6.07) is 2.06. The van der Waals surface area contributed by atoms with Crippen molar-refractivity contribution in [2.75, 3.05) is 0 Å². The average molecular weight is 254 g/mol. The van der Waals surface area contributed by atoms with E-state index < -0.39 is 17.3 Å². The van der Waals surface area contributed by atoms with Gasteiger partial charge in [0.05, 0.1) is 11.9 Å². The highest BCUT2D eigenvalue weighted by Gasteiger charge is 2.43. The molecule has 5 nitrogen and oxygen atoms in total. The number of amides is 1. The summed E-state index contributed by atoms with van der Waals surface area (Å²) in [6.45, 7) is 4.75. The number of aromatic nitrogens is 1. The van der Waals surface area contributed by atoms with Crippen LogP contribution in [0.5, 0.6) is 0 Å². The predicted octanol–water partition coefficient (Wildman–Crippen LogP) is 1.39. The molecule has 1 N–H and O–H groups in total. The zero-order valence-electron chi connectivity index (χ0n) is 10.4. The smallest absolute Gasteiger partial charge is 0.335 e. The van der Waals surface area contributed by atoms with E-state index >= 15 is 0 Å². The molecule has 1 atom stereocenters. The molecule has 98 valence electrons. The highest BCUT2D eigenvalue weighted by molar-refractivity contribution is 5.82. The molecular weight excluding hydrogens is 239 g/mol. The molecule has 0 radical (unpaired) electrons. The molecule has 0 aromatic carbocycles. The molecule has 6 heteroatoms. The minimum atomic E-state index is -1.62. The van der Waals surface area contributed by atoms with E-state index in [2.05, 4.69) is 4.98 Å². The lowest BCUT2D eigenvalue weighted by molar-refractivity contribution is -0.157. The largest absolute Gasteiger partial charge is 0.479 e. The number of rotatable bonds is 5. The van der Waals surface area contributed by atoms with E-state index in [1.807, 2.05) is 0 Å². The van der Waals surface area contributed by atoms with Crippen LogP contribution in [0, 0.1) is 5.82 Å². The van der Waals surface area contributed by atoms with Crippen LogP contribution in [0.25, 0.3) is 0 Å². The van der Waals surface area contributed by atoms with Crippen LogP contribution in [0.2, 0.25) is 0 Å². The Hall–Kier alpha value is -1.98. The lowest BCUT2D eigenvalue weighted by atomic mass is 9.94. The lowest BCUT2D eigenvalue weighted by Crippen LogP contribution is -2.52. The van der Waals surface area contributed by atoms with Crippen molar-refractivity contribution < 1.29 is 19.1 Å². The van der Waals surface area contributed by atoms with Gasteiger partial charge >= 0.3 is 5.97 Å². The number of carbonyl (C=O) groups excluding carboxylic acids is 1. The number of hydrogen-bond acceptors (Lipinski definition) is 3. The number of halogens is 1. The zero-order valence-corrected chi connectivity index (χ0v) is 10.4. The van der Waals surface area contributed by atoms with E-state index in [0.29, 0.717) is 6.41 Å². The Balaban J connectivity index is 3.35. The van der Waals surface area contributed by atoms with Gasteiger partial charge in [-0.15, -0.1) is 0 Å². The van der Waals surface area contributed by atoms with E-state index in [1.165, 1.54) is 13.0 Å². The van der Waals surface area contributed by atoms with Gasteiger partial charge in [0.2, 0.25) is 6.41 Å². The van der Waals surface area contributed by atoms with Crippen molar-refractivity contribution in [3.63, 3.8) is 0 Å². The van der Waals surface area contributed by atoms with Crippen molar-refractivity contribution in [3.05, 3.63) is 29.8 Å². The molecule has 18 heavy (non-hydrogen) atoms. The van der Waals surface area contributed by atoms with Gasteiger partial charge in [-0.05, 0) is 32.9 Å². The van der Waals surface area contributed by atoms with Crippen LogP contribution in [0.15, 0.2) is 18.3 Å². The van der Waals surface area contributed by atoms with Gasteiger partial charge in [-0.1, -0.05) is 0 Å². The van der Waals surface area contributed by atoms with E-state index in [9.17, 15) is 19.1 Å². The Labute approximate surface area is 104 Å². The maximum absolute atomic E-state index is 12.8. The molecular formula is C12H15FN2O3. The van der Waals surface area contributed by atoms with Gasteiger partial charge in [-0.25, -0.2) is 9.18 Å². The molecule has 1 aromatic heterocycles. The van der Waals surface area contributed by atoms with Crippen LogP contribution < -0.4 is 0 Å². The molecule has 0 aliphatic carbocycles. The van der Waals surface area contributed by atoms with E-state index in [0.717, 1.165) is 17.2 Å². The third-order valence-corrected chi connectivity index (χ3v) is 2.83. The molecule has 1 unspecified atom stereocenters. The quantitative estimate of drug-likeness (QED) is 0.806. The first-order valence-corrected chi connectivity index (χ1v) is 5.43. The van der Waals surface area contributed by atoms with Crippen LogP contribution in [0.1, 0.15) is 26.5 Å². The topological polar surface area (TPSA) is 70.5 Å². The molecule has 0 aliphatic rings. The second-order valence-corrected chi connectivity index (χ2v) is 4.35. The first kappa shape index (κ1) is 14.1. The van der Waals surface area contributed by atoms with Gasteiger partial charge in [-0.3, -0.25) is 9.78 Å². The van der Waals surface area contributed by atoms with Crippen molar-refractivity contribution in [3.8, 4) is 0 Å². The molecule has 1 amide bonds. The fourth-order valence-electron chi connectivity index (χ4n) is 1.76. The summed E-state index contributed by atoms with van der Waals surface area (Å²) in [7, 11) is 0. The van der Waals surface area contributed by atoms with Crippen molar-refractivity contribution in [1.29, 1.82) is 0 Å². The molecule has 0 saturated carbocycles. The second kappa shape index (κ2) is 5.12. The van der Waals surface area contributed by atoms with Gasteiger partial charge < -0.3 is 10.0 Å². The van der Waals surface area contributed by atoms with Crippen molar-refractivity contribution in [1.82, 2.24) is 9.88 Å². The van der Waals surface area contributed by atoms with E-state index in [-0.39, 0.29) is 11.7 Å². The number of pyridine rings is 1. The summed E-state index contributed by atoms with van der Waals surface area (Å²) in [5.41, 5.74) is -1.51. The highest BCUT2D eigenvalue weighted by Crippen LogP contribution is 2.28. The molecule has 1 aromatic rings. The molecule has 1 rings (SSSR count). The second-order valence-electron chi connectivity index (χ2n) is 4.35. The fourth-order valence-corrected chi connectivity index (χ4v) is 1.76. The summed E-state index contributed by atoms with van der Waals surface area (Å²) in [4.78, 5) is 27.5. The van der Waals surface area contributed by atoms with Crippen LogP contribution >= 0.6 is 0 Å². The first-order valence-electron chi connectivity index (χ1n) is 5.43. The van der Waals surface area contributed by atoms with Gasteiger partial charge in [-0.2, -0.15) is 0 Å². The summed E-state index contributed by atoms with van der Waals surface area (Å²) in [5.74, 6) is -1.78. The Morgan fingerprint density at radius 3 is 2.50 bits per heavy atom. The lowest BCUT2D eigenvalue weighted by Gasteiger charge is -2.37. The minimum Gasteiger partial charge on any atom is -0.479 e. The number of hydrogen-bond donors (Lipinski definition) is 1. The Morgan fingerprint density at radius 2 is 2.17 bits per heavy atom. The van der Waals surface area contributed by atoms with Crippen LogP contribution in [0.3, 0.4) is 0 Å². The third-order valence-electron chi connectivity index (χ3n) is 2.83. The van der Waals surface area contributed by atoms with E-state index in [1.54, 1.807) is 13.8 Å². The molecule has 0 bridgehead atoms. The average Bonchev–Trinajstić information content (AvgIpc) is 2.29. The maximum atomic E-state index is 12.8. The molecule has 0 saturated heterocycles. The fraction of sp³-hybridized carbons (Fsp3) is 0.417. The SMILES string of the molecule is CC(C)N(C=O)C(C)(C(=O)O)c1ccc(F)cn1. The Morgan fingerprint density at radius 1 is 1.56 bits per heavy atom. The van der Waals surface area contributed by atoms with E-state index in [4.69, 9.17) is 0 Å². The molecule has 0 fully saturated rings. The van der Waals surface area contributed by atoms with Crippen molar-refractivity contribution in [2.24, 2.45) is 0 Å². The monoisotopic (exact) mass is 254 g/mol. The van der Waals surface area contributed by atoms with Crippen molar-refractivity contribution >= 4 is 12.4 Å². The standard InChI is InChI=1S/C12H15FN2O3/c1-8(2)15(7-16)12(3,11(17)18)10-5-4-9(13)6-14-10/h4-8H,1-3H3,(H,17,18). The summed E-state index contributed by atoms with van der Waals surface area (Å²) < 4.78 is 12.8. The van der Waals surface area contributed by atoms with Gasteiger partial charge in [0, 0.05) is 6.04 Å². The summed E-state index contributed by atoms with van der Waals surface area (Å²) in [6.07, 6.45) is 1.39. The number of nitrogens with zero attached hydrogens (tertiary/aromatic N) is 2. The minimum absolute atomic E-state index is 0.109. The highest BCUT2D eigenvalue weighted by atomic mass is 19.1. The third kappa shape index (κ3) is 2.32. The Kier molecular flexibility index (Phi) is 4.00.